The molecule has 0 aliphatic carbocycles. The van der Waals surface area contributed by atoms with Crippen LogP contribution in [0.3, 0.4) is 0 Å². The van der Waals surface area contributed by atoms with Crippen LogP contribution in [0.25, 0.3) is 0 Å². The number of carbonyl (C=O) groups is 1. The summed E-state index contributed by atoms with van der Waals surface area (Å²) in [6.45, 7) is 6.05. The number of hydrogen-bond donors (Lipinski definition) is 1. The maximum absolute atomic E-state index is 12.2. The molecule has 1 amide bonds. The zero-order valence-electron chi connectivity index (χ0n) is 12.9. The second-order valence-electron chi connectivity index (χ2n) is 5.56. The van der Waals surface area contributed by atoms with E-state index in [0.29, 0.717) is 23.8 Å². The fourth-order valence-corrected chi connectivity index (χ4v) is 2.59. The van der Waals surface area contributed by atoms with Crippen molar-refractivity contribution < 1.29 is 9.21 Å². The van der Waals surface area contributed by atoms with Gasteiger partial charge in [-0.1, -0.05) is 0 Å². The first kappa shape index (κ1) is 14.6. The third-order valence-electron chi connectivity index (χ3n) is 3.82. The van der Waals surface area contributed by atoms with E-state index in [-0.39, 0.29) is 5.91 Å². The van der Waals surface area contributed by atoms with E-state index in [1.54, 1.807) is 6.20 Å². The van der Waals surface area contributed by atoms with Crippen molar-refractivity contribution in [3.05, 3.63) is 41.1 Å². The summed E-state index contributed by atoms with van der Waals surface area (Å²) in [4.78, 5) is 23.2. The van der Waals surface area contributed by atoms with E-state index in [1.807, 2.05) is 26.0 Å². The van der Waals surface area contributed by atoms with Crippen LogP contribution >= 0.6 is 0 Å². The summed E-state index contributed by atoms with van der Waals surface area (Å²) in [5.74, 6) is 2.10. The topological polar surface area (TPSA) is 71.3 Å². The number of aromatic nitrogens is 2. The summed E-state index contributed by atoms with van der Waals surface area (Å²) in [6, 6.07) is 3.73. The fraction of sp³-hybridized carbons (Fsp3) is 0.438. The Hall–Kier alpha value is -2.37. The van der Waals surface area contributed by atoms with Gasteiger partial charge in [-0.2, -0.15) is 0 Å². The molecule has 0 atom stereocenters. The highest BCUT2D eigenvalue weighted by atomic mass is 16.3. The lowest BCUT2D eigenvalue weighted by atomic mass is 10.2. The number of carbonyl (C=O) groups excluding carboxylic acids is 1. The maximum Gasteiger partial charge on any atom is 0.255 e. The highest BCUT2D eigenvalue weighted by molar-refractivity contribution is 5.94. The predicted octanol–water partition coefficient (Wildman–Crippen LogP) is 2.22. The molecule has 0 spiro atoms. The molecule has 1 aliphatic heterocycles. The highest BCUT2D eigenvalue weighted by Crippen LogP contribution is 2.17. The summed E-state index contributed by atoms with van der Waals surface area (Å²) < 4.78 is 5.43. The minimum absolute atomic E-state index is 0.181. The van der Waals surface area contributed by atoms with Gasteiger partial charge in [0, 0.05) is 19.3 Å². The van der Waals surface area contributed by atoms with Gasteiger partial charge in [-0.25, -0.2) is 9.97 Å². The number of anilines is 1. The van der Waals surface area contributed by atoms with E-state index in [4.69, 9.17) is 4.42 Å². The lowest BCUT2D eigenvalue weighted by Gasteiger charge is -2.16. The van der Waals surface area contributed by atoms with E-state index in [0.717, 1.165) is 24.6 Å². The van der Waals surface area contributed by atoms with Crippen LogP contribution in [0.4, 0.5) is 5.95 Å². The lowest BCUT2D eigenvalue weighted by Crippen LogP contribution is -2.26. The first-order valence-corrected chi connectivity index (χ1v) is 7.55. The molecule has 2 aromatic rings. The monoisotopic (exact) mass is 300 g/mol. The summed E-state index contributed by atoms with van der Waals surface area (Å²) in [7, 11) is 0. The molecule has 1 fully saturated rings. The molecular weight excluding hydrogens is 280 g/mol. The van der Waals surface area contributed by atoms with Crippen molar-refractivity contribution in [1.82, 2.24) is 15.3 Å². The van der Waals surface area contributed by atoms with Crippen LogP contribution in [0.5, 0.6) is 0 Å². The second kappa shape index (κ2) is 6.17. The Balaban J connectivity index is 1.66. The van der Waals surface area contributed by atoms with E-state index in [9.17, 15) is 4.79 Å². The molecule has 1 aliphatic rings. The average Bonchev–Trinajstić information content (AvgIpc) is 3.16. The molecule has 0 saturated carbocycles. The number of amides is 1. The maximum atomic E-state index is 12.2. The van der Waals surface area contributed by atoms with Crippen LogP contribution in [0.15, 0.2) is 22.7 Å². The van der Waals surface area contributed by atoms with Crippen molar-refractivity contribution >= 4 is 11.9 Å². The van der Waals surface area contributed by atoms with Gasteiger partial charge in [0.15, 0.2) is 0 Å². The molecule has 1 N–H and O–H groups in total. The quantitative estimate of drug-likeness (QED) is 0.937. The van der Waals surface area contributed by atoms with Crippen molar-refractivity contribution in [2.45, 2.75) is 33.2 Å². The van der Waals surface area contributed by atoms with Crippen LogP contribution in [0, 0.1) is 13.8 Å². The second-order valence-corrected chi connectivity index (χ2v) is 5.56. The van der Waals surface area contributed by atoms with Gasteiger partial charge in [0.1, 0.15) is 11.5 Å². The Morgan fingerprint density at radius 1 is 1.32 bits per heavy atom. The van der Waals surface area contributed by atoms with Gasteiger partial charge in [0.05, 0.1) is 17.8 Å². The molecule has 0 aromatic carbocycles. The number of nitrogens with zero attached hydrogens (tertiary/aromatic N) is 3. The standard InChI is InChI=1S/C16H20N4O2/c1-11-5-6-13(22-11)9-17-15(21)14-10-18-16(19-12(14)2)20-7-3-4-8-20/h5-6,10H,3-4,7-9H2,1-2H3,(H,17,21). The Kier molecular flexibility index (Phi) is 4.09. The molecule has 116 valence electrons. The molecule has 0 radical (unpaired) electrons. The summed E-state index contributed by atoms with van der Waals surface area (Å²) in [5, 5.41) is 2.83. The summed E-state index contributed by atoms with van der Waals surface area (Å²) in [5.41, 5.74) is 1.20. The first-order chi connectivity index (χ1) is 10.6. The van der Waals surface area contributed by atoms with Crippen LogP contribution in [0.2, 0.25) is 0 Å². The molecule has 22 heavy (non-hydrogen) atoms. The Bertz CT molecular complexity index is 675. The average molecular weight is 300 g/mol. The molecule has 6 nitrogen and oxygen atoms in total. The van der Waals surface area contributed by atoms with Gasteiger partial charge in [0.25, 0.3) is 5.91 Å². The van der Waals surface area contributed by atoms with E-state index in [1.165, 1.54) is 12.8 Å². The predicted molar refractivity (Wildman–Crippen MR) is 82.8 cm³/mol. The van der Waals surface area contributed by atoms with Crippen molar-refractivity contribution in [3.63, 3.8) is 0 Å². The minimum atomic E-state index is -0.181. The van der Waals surface area contributed by atoms with Crippen LogP contribution in [-0.4, -0.2) is 29.0 Å². The van der Waals surface area contributed by atoms with Crippen molar-refractivity contribution in [2.75, 3.05) is 18.0 Å². The Morgan fingerprint density at radius 3 is 2.73 bits per heavy atom. The van der Waals surface area contributed by atoms with E-state index in [2.05, 4.69) is 20.2 Å². The number of nitrogens with one attached hydrogen (secondary N) is 1. The van der Waals surface area contributed by atoms with Gasteiger partial charge >= 0.3 is 0 Å². The summed E-state index contributed by atoms with van der Waals surface area (Å²) >= 11 is 0. The van der Waals surface area contributed by atoms with Gasteiger partial charge < -0.3 is 14.6 Å². The number of rotatable bonds is 4. The smallest absolute Gasteiger partial charge is 0.255 e. The third-order valence-corrected chi connectivity index (χ3v) is 3.82. The van der Waals surface area contributed by atoms with Gasteiger partial charge in [-0.3, -0.25) is 4.79 Å². The number of furan rings is 1. The Labute approximate surface area is 129 Å². The highest BCUT2D eigenvalue weighted by Gasteiger charge is 2.18. The van der Waals surface area contributed by atoms with Crippen molar-refractivity contribution in [2.24, 2.45) is 0 Å². The zero-order chi connectivity index (χ0) is 15.5. The SMILES string of the molecule is Cc1ccc(CNC(=O)c2cnc(N3CCCC3)nc2C)o1. The van der Waals surface area contributed by atoms with Crippen LogP contribution in [0.1, 0.15) is 40.4 Å². The normalized spacial score (nSPS) is 14.4. The van der Waals surface area contributed by atoms with E-state index < -0.39 is 0 Å². The van der Waals surface area contributed by atoms with Crippen molar-refractivity contribution in [1.29, 1.82) is 0 Å². The third kappa shape index (κ3) is 3.10. The molecule has 3 heterocycles. The molecule has 1 saturated heterocycles. The van der Waals surface area contributed by atoms with Gasteiger partial charge in [0.2, 0.25) is 5.95 Å². The molecule has 6 heteroatoms. The molecule has 3 rings (SSSR count). The minimum Gasteiger partial charge on any atom is -0.465 e. The fourth-order valence-electron chi connectivity index (χ4n) is 2.59. The van der Waals surface area contributed by atoms with Gasteiger partial charge in [-0.15, -0.1) is 0 Å². The lowest BCUT2D eigenvalue weighted by molar-refractivity contribution is 0.0946. The number of aryl methyl sites for hydroxylation is 2. The van der Waals surface area contributed by atoms with Crippen LogP contribution < -0.4 is 10.2 Å². The van der Waals surface area contributed by atoms with E-state index >= 15 is 0 Å². The largest absolute Gasteiger partial charge is 0.465 e. The molecule has 0 bridgehead atoms. The number of hydrogen-bond acceptors (Lipinski definition) is 5. The van der Waals surface area contributed by atoms with Crippen LogP contribution in [-0.2, 0) is 6.54 Å². The molecule has 0 unspecified atom stereocenters. The molecular formula is C16H20N4O2. The van der Waals surface area contributed by atoms with Gasteiger partial charge in [-0.05, 0) is 38.8 Å². The first-order valence-electron chi connectivity index (χ1n) is 7.55. The van der Waals surface area contributed by atoms with Crippen molar-refractivity contribution in [3.8, 4) is 0 Å². The molecule has 2 aromatic heterocycles. The Morgan fingerprint density at radius 2 is 2.09 bits per heavy atom. The summed E-state index contributed by atoms with van der Waals surface area (Å²) in [6.07, 6.45) is 3.96. The zero-order valence-corrected chi connectivity index (χ0v) is 12.9.